The smallest absolute Gasteiger partial charge is 0.310 e. The first kappa shape index (κ1) is 19.4. The topological polar surface area (TPSA) is 75.7 Å². The first-order valence-corrected chi connectivity index (χ1v) is 9.84. The number of hydrogen-bond acceptors (Lipinski definition) is 4. The maximum Gasteiger partial charge on any atom is 0.310 e. The van der Waals surface area contributed by atoms with Gasteiger partial charge < -0.3 is 15.0 Å². The van der Waals surface area contributed by atoms with Crippen LogP contribution in [0.15, 0.2) is 24.3 Å². The van der Waals surface area contributed by atoms with Crippen LogP contribution >= 0.6 is 0 Å². The number of benzene rings is 1. The zero-order valence-corrected chi connectivity index (χ0v) is 15.9. The van der Waals surface area contributed by atoms with Crippen LogP contribution in [0.4, 0.5) is 5.69 Å². The van der Waals surface area contributed by atoms with Crippen molar-refractivity contribution >= 4 is 23.5 Å². The number of rotatable bonds is 5. The number of nitrogens with one attached hydrogen (secondary N) is 1. The van der Waals surface area contributed by atoms with E-state index in [1.807, 2.05) is 4.90 Å². The molecule has 146 valence electrons. The van der Waals surface area contributed by atoms with Crippen molar-refractivity contribution in [3.63, 3.8) is 0 Å². The second kappa shape index (κ2) is 9.02. The number of carbonyl (C=O) groups is 3. The highest BCUT2D eigenvalue weighted by Crippen LogP contribution is 2.35. The normalized spacial score (nSPS) is 21.9. The van der Waals surface area contributed by atoms with Crippen LogP contribution in [0.5, 0.6) is 0 Å². The van der Waals surface area contributed by atoms with Gasteiger partial charge in [0.25, 0.3) is 5.91 Å². The fourth-order valence-corrected chi connectivity index (χ4v) is 4.29. The van der Waals surface area contributed by atoms with Crippen LogP contribution in [0.1, 0.15) is 51.0 Å². The van der Waals surface area contributed by atoms with Crippen LogP contribution in [0.3, 0.4) is 0 Å². The minimum absolute atomic E-state index is 0.0686. The molecule has 0 unspecified atom stereocenters. The predicted molar refractivity (Wildman–Crippen MR) is 102 cm³/mol. The third-order valence-electron chi connectivity index (χ3n) is 5.54. The Morgan fingerprint density at radius 2 is 1.78 bits per heavy atom. The third-order valence-corrected chi connectivity index (χ3v) is 5.54. The molecule has 0 radical (unpaired) electrons. The maximum atomic E-state index is 12.6. The molecule has 0 bridgehead atoms. The summed E-state index contributed by atoms with van der Waals surface area (Å²) in [7, 11) is 0. The molecule has 2 amide bonds. The summed E-state index contributed by atoms with van der Waals surface area (Å²) in [6.45, 7) is 2.05. The van der Waals surface area contributed by atoms with Gasteiger partial charge in [-0.1, -0.05) is 25.0 Å². The number of carbonyl (C=O) groups excluding carboxylic acids is 3. The SMILES string of the molecule is CC(=O)Nc1ccc(CC(=O)OCC(=O)N2CCC[C@@H]3CCCC[C@@H]32)cc1. The van der Waals surface area contributed by atoms with Crippen molar-refractivity contribution in [3.8, 4) is 0 Å². The van der Waals surface area contributed by atoms with Crippen molar-refractivity contribution in [2.75, 3.05) is 18.5 Å². The highest BCUT2D eigenvalue weighted by molar-refractivity contribution is 5.88. The molecule has 1 aliphatic carbocycles. The number of anilines is 1. The Morgan fingerprint density at radius 3 is 2.52 bits per heavy atom. The van der Waals surface area contributed by atoms with Gasteiger partial charge in [-0.05, 0) is 49.3 Å². The molecule has 0 aromatic heterocycles. The van der Waals surface area contributed by atoms with Crippen LogP contribution in [0.25, 0.3) is 0 Å². The number of likely N-dealkylation sites (tertiary alicyclic amines) is 1. The van der Waals surface area contributed by atoms with Crippen molar-refractivity contribution in [2.45, 2.75) is 57.9 Å². The quantitative estimate of drug-likeness (QED) is 0.807. The van der Waals surface area contributed by atoms with Gasteiger partial charge in [0.05, 0.1) is 6.42 Å². The summed E-state index contributed by atoms with van der Waals surface area (Å²) >= 11 is 0. The summed E-state index contributed by atoms with van der Waals surface area (Å²) in [4.78, 5) is 37.6. The molecule has 3 rings (SSSR count). The molecule has 1 aliphatic heterocycles. The lowest BCUT2D eigenvalue weighted by Crippen LogP contribution is -2.50. The molecule has 1 saturated carbocycles. The van der Waals surface area contributed by atoms with E-state index in [9.17, 15) is 14.4 Å². The van der Waals surface area contributed by atoms with Crippen LogP contribution in [0, 0.1) is 5.92 Å². The fourth-order valence-electron chi connectivity index (χ4n) is 4.29. The minimum atomic E-state index is -0.409. The second-order valence-electron chi connectivity index (χ2n) is 7.56. The Morgan fingerprint density at radius 1 is 1.07 bits per heavy atom. The predicted octanol–water partition coefficient (Wildman–Crippen LogP) is 2.91. The van der Waals surface area contributed by atoms with Gasteiger partial charge in [0.15, 0.2) is 6.61 Å². The van der Waals surface area contributed by atoms with Gasteiger partial charge >= 0.3 is 5.97 Å². The number of amides is 2. The first-order chi connectivity index (χ1) is 13.0. The molecule has 1 N–H and O–H groups in total. The third kappa shape index (κ3) is 5.31. The lowest BCUT2D eigenvalue weighted by molar-refractivity contribution is -0.154. The van der Waals surface area contributed by atoms with Gasteiger partial charge in [-0.2, -0.15) is 0 Å². The molecule has 2 fully saturated rings. The van der Waals surface area contributed by atoms with Gasteiger partial charge in [-0.15, -0.1) is 0 Å². The Hall–Kier alpha value is -2.37. The molecule has 2 atom stereocenters. The molecule has 1 aromatic rings. The van der Waals surface area contributed by atoms with Crippen molar-refractivity contribution in [3.05, 3.63) is 29.8 Å². The Bertz CT molecular complexity index is 684. The molecule has 6 nitrogen and oxygen atoms in total. The van der Waals surface area contributed by atoms with E-state index in [4.69, 9.17) is 4.74 Å². The van der Waals surface area contributed by atoms with E-state index in [1.165, 1.54) is 32.6 Å². The zero-order valence-electron chi connectivity index (χ0n) is 15.9. The summed E-state index contributed by atoms with van der Waals surface area (Å²) in [6, 6.07) is 7.36. The fraction of sp³-hybridized carbons (Fsp3) is 0.571. The summed E-state index contributed by atoms with van der Waals surface area (Å²) in [5.41, 5.74) is 1.47. The summed E-state index contributed by atoms with van der Waals surface area (Å²) in [6.07, 6.45) is 7.09. The molecular formula is C21H28N2O4. The lowest BCUT2D eigenvalue weighted by Gasteiger charge is -2.44. The molecule has 0 spiro atoms. The van der Waals surface area contributed by atoms with Crippen LogP contribution in [0.2, 0.25) is 0 Å². The molecule has 1 saturated heterocycles. The Labute approximate surface area is 160 Å². The maximum absolute atomic E-state index is 12.6. The first-order valence-electron chi connectivity index (χ1n) is 9.84. The van der Waals surface area contributed by atoms with Gasteiger partial charge in [0.2, 0.25) is 5.91 Å². The van der Waals surface area contributed by atoms with E-state index < -0.39 is 5.97 Å². The van der Waals surface area contributed by atoms with E-state index in [0.717, 1.165) is 24.9 Å². The molecule has 1 heterocycles. The Balaban J connectivity index is 1.47. The van der Waals surface area contributed by atoms with Gasteiger partial charge in [-0.25, -0.2) is 0 Å². The largest absolute Gasteiger partial charge is 0.455 e. The zero-order chi connectivity index (χ0) is 19.2. The summed E-state index contributed by atoms with van der Waals surface area (Å²) < 4.78 is 5.24. The van der Waals surface area contributed by atoms with E-state index in [-0.39, 0.29) is 24.8 Å². The molecule has 1 aromatic carbocycles. The van der Waals surface area contributed by atoms with E-state index in [2.05, 4.69) is 5.32 Å². The average molecular weight is 372 g/mol. The number of hydrogen-bond donors (Lipinski definition) is 1. The summed E-state index contributed by atoms with van der Waals surface area (Å²) in [5, 5.41) is 2.68. The Kier molecular flexibility index (Phi) is 6.48. The minimum Gasteiger partial charge on any atom is -0.455 e. The van der Waals surface area contributed by atoms with Crippen molar-refractivity contribution in [1.29, 1.82) is 0 Å². The van der Waals surface area contributed by atoms with Crippen LogP contribution in [-0.2, 0) is 25.5 Å². The number of fused-ring (bicyclic) bond motifs is 1. The van der Waals surface area contributed by atoms with E-state index in [0.29, 0.717) is 17.6 Å². The summed E-state index contributed by atoms with van der Waals surface area (Å²) in [5.74, 6) is 0.00153. The van der Waals surface area contributed by atoms with Crippen LogP contribution < -0.4 is 5.32 Å². The average Bonchev–Trinajstić information content (AvgIpc) is 2.67. The lowest BCUT2D eigenvalue weighted by atomic mass is 9.78. The highest BCUT2D eigenvalue weighted by Gasteiger charge is 2.35. The second-order valence-corrected chi connectivity index (χ2v) is 7.56. The van der Waals surface area contributed by atoms with Gasteiger partial charge in [-0.3, -0.25) is 14.4 Å². The molecular weight excluding hydrogens is 344 g/mol. The molecule has 2 aliphatic rings. The van der Waals surface area contributed by atoms with E-state index in [1.54, 1.807) is 24.3 Å². The van der Waals surface area contributed by atoms with Gasteiger partial charge in [0, 0.05) is 25.2 Å². The molecule has 27 heavy (non-hydrogen) atoms. The number of ether oxygens (including phenoxy) is 1. The standard InChI is InChI=1S/C21H28N2O4/c1-15(24)22-18-10-8-16(9-11-18)13-21(26)27-14-20(25)23-12-4-6-17-5-2-3-7-19(17)23/h8-11,17,19H,2-7,12-14H2,1H3,(H,22,24)/t17-,19-/m0/s1. The monoisotopic (exact) mass is 372 g/mol. The number of piperidine rings is 1. The van der Waals surface area contributed by atoms with Crippen molar-refractivity contribution < 1.29 is 19.1 Å². The highest BCUT2D eigenvalue weighted by atomic mass is 16.5. The number of nitrogens with zero attached hydrogens (tertiary/aromatic N) is 1. The van der Waals surface area contributed by atoms with Crippen LogP contribution in [-0.4, -0.2) is 41.9 Å². The number of esters is 1. The van der Waals surface area contributed by atoms with Crippen molar-refractivity contribution in [2.24, 2.45) is 5.92 Å². The van der Waals surface area contributed by atoms with E-state index >= 15 is 0 Å². The van der Waals surface area contributed by atoms with Crippen molar-refractivity contribution in [1.82, 2.24) is 4.90 Å². The molecule has 6 heteroatoms. The van der Waals surface area contributed by atoms with Gasteiger partial charge in [0.1, 0.15) is 0 Å².